The second kappa shape index (κ2) is 4.32. The zero-order chi connectivity index (χ0) is 7.98. The molecule has 0 aromatic carbocycles. The lowest BCUT2D eigenvalue weighted by atomic mass is 10.4. The Hall–Kier alpha value is -1.57. The minimum atomic E-state index is -0.663. The molecule has 0 saturated carbocycles. The highest BCUT2D eigenvalue weighted by atomic mass is 16.6. The number of rotatable bonds is 2. The molecule has 0 aliphatic heterocycles. The molecule has 1 radical (unpaired) electrons. The van der Waals surface area contributed by atoms with Crippen LogP contribution in [0.25, 0.3) is 0 Å². The fourth-order valence-electron chi connectivity index (χ4n) is 0.288. The third-order valence-corrected chi connectivity index (χ3v) is 0.664. The van der Waals surface area contributed by atoms with E-state index in [9.17, 15) is 4.79 Å². The van der Waals surface area contributed by atoms with Gasteiger partial charge in [0, 0.05) is 7.05 Å². The zero-order valence-corrected chi connectivity index (χ0v) is 5.42. The van der Waals surface area contributed by atoms with Crippen molar-refractivity contribution in [3.8, 4) is 6.07 Å². The van der Waals surface area contributed by atoms with Gasteiger partial charge in [-0.1, -0.05) is 5.16 Å². The van der Waals surface area contributed by atoms with Crippen molar-refractivity contribution in [3.05, 3.63) is 7.05 Å². The standard InChI is InChI=1S/C5H6N3O2/c1-7-5(9)4(3-6)8-10-2/h1H2,2H3,(H,7,9). The number of hydrogen-bond acceptors (Lipinski definition) is 4. The Bertz CT molecular complexity index is 192. The van der Waals surface area contributed by atoms with Gasteiger partial charge < -0.3 is 10.2 Å². The Labute approximate surface area is 58.3 Å². The van der Waals surface area contributed by atoms with Crippen LogP contribution in [0.3, 0.4) is 0 Å². The van der Waals surface area contributed by atoms with Gasteiger partial charge in [0.2, 0.25) is 5.71 Å². The molecule has 0 unspecified atom stereocenters. The van der Waals surface area contributed by atoms with Crippen LogP contribution in [0.15, 0.2) is 5.16 Å². The summed E-state index contributed by atoms with van der Waals surface area (Å²) in [6.07, 6.45) is 0. The lowest BCUT2D eigenvalue weighted by Crippen LogP contribution is -2.24. The molecule has 1 amide bonds. The molecule has 0 saturated heterocycles. The second-order valence-electron chi connectivity index (χ2n) is 1.24. The highest BCUT2D eigenvalue weighted by Crippen LogP contribution is 1.77. The molecule has 0 fully saturated rings. The van der Waals surface area contributed by atoms with Gasteiger partial charge in [0.1, 0.15) is 13.2 Å². The summed E-state index contributed by atoms with van der Waals surface area (Å²) in [6, 6.07) is 1.53. The van der Waals surface area contributed by atoms with Crippen LogP contribution in [0.2, 0.25) is 0 Å². The van der Waals surface area contributed by atoms with Crippen LogP contribution in [0, 0.1) is 18.4 Å². The first-order valence-electron chi connectivity index (χ1n) is 2.35. The number of nitrogens with one attached hydrogen (secondary N) is 1. The molecule has 53 valence electrons. The van der Waals surface area contributed by atoms with Gasteiger partial charge in [-0.2, -0.15) is 5.26 Å². The smallest absolute Gasteiger partial charge is 0.284 e. The molecule has 0 spiro atoms. The first-order valence-corrected chi connectivity index (χ1v) is 2.35. The number of carbonyl (C=O) groups is 1. The third-order valence-electron chi connectivity index (χ3n) is 0.664. The van der Waals surface area contributed by atoms with Crippen LogP contribution in [-0.2, 0) is 9.63 Å². The maximum absolute atomic E-state index is 10.5. The van der Waals surface area contributed by atoms with Crippen molar-refractivity contribution in [3.63, 3.8) is 0 Å². The third kappa shape index (κ3) is 2.13. The molecule has 5 nitrogen and oxygen atoms in total. The van der Waals surface area contributed by atoms with Gasteiger partial charge in [-0.25, -0.2) is 0 Å². The second-order valence-corrected chi connectivity index (χ2v) is 1.24. The summed E-state index contributed by atoms with van der Waals surface area (Å²) in [6.45, 7) is 0. The van der Waals surface area contributed by atoms with E-state index in [2.05, 4.69) is 17.0 Å². The van der Waals surface area contributed by atoms with Crippen LogP contribution in [0.4, 0.5) is 0 Å². The highest BCUT2D eigenvalue weighted by molar-refractivity contribution is 6.45. The van der Waals surface area contributed by atoms with Crippen molar-refractivity contribution in [1.82, 2.24) is 5.32 Å². The van der Waals surface area contributed by atoms with Gasteiger partial charge in [-0.15, -0.1) is 0 Å². The lowest BCUT2D eigenvalue weighted by molar-refractivity contribution is -0.114. The minimum absolute atomic E-state index is 0.350. The average Bonchev–Trinajstić information content (AvgIpc) is 1.99. The summed E-state index contributed by atoms with van der Waals surface area (Å²) in [7, 11) is 4.29. The molecule has 0 aromatic heterocycles. The summed E-state index contributed by atoms with van der Waals surface area (Å²) >= 11 is 0. The Kier molecular flexibility index (Phi) is 3.64. The quantitative estimate of drug-likeness (QED) is 0.412. The Balaban J connectivity index is 4.25. The van der Waals surface area contributed by atoms with E-state index >= 15 is 0 Å². The van der Waals surface area contributed by atoms with Crippen LogP contribution in [-0.4, -0.2) is 18.7 Å². The topological polar surface area (TPSA) is 74.5 Å². The van der Waals surface area contributed by atoms with Crippen molar-refractivity contribution in [1.29, 1.82) is 5.26 Å². The molecule has 0 bridgehead atoms. The average molecular weight is 140 g/mol. The van der Waals surface area contributed by atoms with Crippen LogP contribution >= 0.6 is 0 Å². The number of oxime groups is 1. The van der Waals surface area contributed by atoms with E-state index in [4.69, 9.17) is 5.26 Å². The fourth-order valence-corrected chi connectivity index (χ4v) is 0.288. The van der Waals surface area contributed by atoms with E-state index in [1.807, 2.05) is 5.32 Å². The van der Waals surface area contributed by atoms with Crippen molar-refractivity contribution in [2.45, 2.75) is 0 Å². The van der Waals surface area contributed by atoms with Crippen molar-refractivity contribution in [2.24, 2.45) is 5.16 Å². The normalized spacial score (nSPS) is 9.90. The van der Waals surface area contributed by atoms with E-state index in [0.717, 1.165) is 0 Å². The Morgan fingerprint density at radius 3 is 2.80 bits per heavy atom. The molecule has 0 aliphatic rings. The molecular formula is C5H6N3O2. The summed E-state index contributed by atoms with van der Waals surface area (Å²) in [5.41, 5.74) is -0.350. The molecule has 1 N–H and O–H groups in total. The summed E-state index contributed by atoms with van der Waals surface area (Å²) in [5, 5.41) is 13.3. The molecular weight excluding hydrogens is 134 g/mol. The predicted octanol–water partition coefficient (Wildman–Crippen LogP) is -0.580. The fraction of sp³-hybridized carbons (Fsp3) is 0.200. The minimum Gasteiger partial charge on any atom is -0.398 e. The van der Waals surface area contributed by atoms with Crippen molar-refractivity contribution in [2.75, 3.05) is 7.11 Å². The number of hydrogen-bond donors (Lipinski definition) is 1. The van der Waals surface area contributed by atoms with Crippen LogP contribution < -0.4 is 5.32 Å². The number of nitrogens with zero attached hydrogens (tertiary/aromatic N) is 2. The van der Waals surface area contributed by atoms with Crippen molar-refractivity contribution < 1.29 is 9.63 Å². The maximum Gasteiger partial charge on any atom is 0.284 e. The molecule has 0 aromatic rings. The highest BCUT2D eigenvalue weighted by Gasteiger charge is 2.07. The van der Waals surface area contributed by atoms with Gasteiger partial charge in [0.25, 0.3) is 5.91 Å². The number of carbonyl (C=O) groups excluding carboxylic acids is 1. The van der Waals surface area contributed by atoms with Gasteiger partial charge >= 0.3 is 0 Å². The number of nitriles is 1. The molecule has 10 heavy (non-hydrogen) atoms. The van der Waals surface area contributed by atoms with Gasteiger partial charge in [0.15, 0.2) is 0 Å². The molecule has 5 heteroatoms. The molecule has 0 rings (SSSR count). The zero-order valence-electron chi connectivity index (χ0n) is 5.42. The van der Waals surface area contributed by atoms with E-state index in [0.29, 0.717) is 0 Å². The summed E-state index contributed by atoms with van der Waals surface area (Å²) in [4.78, 5) is 14.7. The number of amides is 1. The Morgan fingerprint density at radius 2 is 2.50 bits per heavy atom. The molecule has 0 heterocycles. The summed E-state index contributed by atoms with van der Waals surface area (Å²) < 4.78 is 0. The maximum atomic E-state index is 10.5. The first-order chi connectivity index (χ1) is 4.76. The van der Waals surface area contributed by atoms with Crippen LogP contribution in [0.1, 0.15) is 0 Å². The first kappa shape index (κ1) is 8.43. The van der Waals surface area contributed by atoms with E-state index in [1.165, 1.54) is 13.2 Å². The monoisotopic (exact) mass is 140 g/mol. The van der Waals surface area contributed by atoms with Gasteiger partial charge in [-0.3, -0.25) is 4.79 Å². The molecule has 0 atom stereocenters. The SMILES string of the molecule is [CH2]NC(=O)C(C#N)=NOC. The van der Waals surface area contributed by atoms with Crippen molar-refractivity contribution >= 4 is 11.6 Å². The van der Waals surface area contributed by atoms with Gasteiger partial charge in [0.05, 0.1) is 0 Å². The largest absolute Gasteiger partial charge is 0.398 e. The van der Waals surface area contributed by atoms with E-state index < -0.39 is 5.91 Å². The predicted molar refractivity (Wildman–Crippen MR) is 33.6 cm³/mol. The van der Waals surface area contributed by atoms with E-state index in [-0.39, 0.29) is 5.71 Å². The summed E-state index contributed by atoms with van der Waals surface area (Å²) in [5.74, 6) is -0.663. The lowest BCUT2D eigenvalue weighted by Gasteiger charge is -1.92. The van der Waals surface area contributed by atoms with E-state index in [1.54, 1.807) is 0 Å². The van der Waals surface area contributed by atoms with Crippen LogP contribution in [0.5, 0.6) is 0 Å². The molecule has 0 aliphatic carbocycles. The Morgan fingerprint density at radius 1 is 1.90 bits per heavy atom. The van der Waals surface area contributed by atoms with Gasteiger partial charge in [-0.05, 0) is 0 Å².